The highest BCUT2D eigenvalue weighted by atomic mass is 16.5. The molecule has 0 amide bonds. The highest BCUT2D eigenvalue weighted by molar-refractivity contribution is 5.27. The SMILES string of the molecule is Cc1cccc(OCCNCc2occc2C)c1. The first-order valence-corrected chi connectivity index (χ1v) is 6.19. The van der Waals surface area contributed by atoms with E-state index in [0.29, 0.717) is 6.61 Å². The zero-order valence-corrected chi connectivity index (χ0v) is 10.9. The van der Waals surface area contributed by atoms with Crippen molar-refractivity contribution in [3.8, 4) is 5.75 Å². The molecular weight excluding hydrogens is 226 g/mol. The van der Waals surface area contributed by atoms with Crippen LogP contribution in [0.4, 0.5) is 0 Å². The number of hydrogen-bond acceptors (Lipinski definition) is 3. The maximum absolute atomic E-state index is 5.64. The van der Waals surface area contributed by atoms with Crippen LogP contribution in [0, 0.1) is 13.8 Å². The van der Waals surface area contributed by atoms with E-state index in [1.54, 1.807) is 6.26 Å². The second-order valence-electron chi connectivity index (χ2n) is 4.37. The largest absolute Gasteiger partial charge is 0.492 e. The second kappa shape index (κ2) is 6.26. The van der Waals surface area contributed by atoms with Crippen molar-refractivity contribution >= 4 is 0 Å². The van der Waals surface area contributed by atoms with Gasteiger partial charge in [-0.1, -0.05) is 12.1 Å². The van der Waals surface area contributed by atoms with E-state index >= 15 is 0 Å². The third-order valence-corrected chi connectivity index (χ3v) is 2.79. The number of nitrogens with one attached hydrogen (secondary N) is 1. The van der Waals surface area contributed by atoms with Crippen LogP contribution in [0.25, 0.3) is 0 Å². The summed E-state index contributed by atoms with van der Waals surface area (Å²) >= 11 is 0. The Hall–Kier alpha value is -1.74. The second-order valence-corrected chi connectivity index (χ2v) is 4.37. The van der Waals surface area contributed by atoms with Crippen molar-refractivity contribution in [3.05, 3.63) is 53.5 Å². The normalized spacial score (nSPS) is 10.6. The van der Waals surface area contributed by atoms with E-state index in [1.165, 1.54) is 11.1 Å². The van der Waals surface area contributed by atoms with Gasteiger partial charge >= 0.3 is 0 Å². The first-order valence-electron chi connectivity index (χ1n) is 6.19. The fourth-order valence-electron chi connectivity index (χ4n) is 1.73. The van der Waals surface area contributed by atoms with Gasteiger partial charge in [0.2, 0.25) is 0 Å². The average molecular weight is 245 g/mol. The molecule has 0 aliphatic heterocycles. The number of furan rings is 1. The van der Waals surface area contributed by atoms with Crippen LogP contribution in [0.5, 0.6) is 5.75 Å². The molecule has 1 aromatic carbocycles. The third kappa shape index (κ3) is 3.64. The number of benzene rings is 1. The molecule has 0 saturated heterocycles. The molecule has 0 spiro atoms. The van der Waals surface area contributed by atoms with E-state index in [4.69, 9.17) is 9.15 Å². The summed E-state index contributed by atoms with van der Waals surface area (Å²) in [6, 6.07) is 10.1. The zero-order chi connectivity index (χ0) is 12.8. The predicted octanol–water partition coefficient (Wildman–Crippen LogP) is 3.07. The standard InChI is InChI=1S/C15H19NO2/c1-12-4-3-5-14(10-12)17-9-7-16-11-15-13(2)6-8-18-15/h3-6,8,10,16H,7,9,11H2,1-2H3. The monoisotopic (exact) mass is 245 g/mol. The Morgan fingerprint density at radius 3 is 2.83 bits per heavy atom. The molecule has 0 atom stereocenters. The Bertz CT molecular complexity index is 491. The molecule has 2 rings (SSSR count). The van der Waals surface area contributed by atoms with Crippen molar-refractivity contribution in [2.45, 2.75) is 20.4 Å². The molecular formula is C15H19NO2. The maximum Gasteiger partial charge on any atom is 0.120 e. The highest BCUT2D eigenvalue weighted by Crippen LogP contribution is 2.12. The molecule has 0 unspecified atom stereocenters. The van der Waals surface area contributed by atoms with Gasteiger partial charge in [0.15, 0.2) is 0 Å². The first-order chi connectivity index (χ1) is 8.75. The predicted molar refractivity (Wildman–Crippen MR) is 71.8 cm³/mol. The summed E-state index contributed by atoms with van der Waals surface area (Å²) in [5.41, 5.74) is 2.40. The van der Waals surface area contributed by atoms with Gasteiger partial charge in [0, 0.05) is 6.54 Å². The van der Waals surface area contributed by atoms with Crippen LogP contribution in [0.15, 0.2) is 41.0 Å². The van der Waals surface area contributed by atoms with Crippen molar-refractivity contribution in [3.63, 3.8) is 0 Å². The Labute approximate surface area is 108 Å². The van der Waals surface area contributed by atoms with E-state index in [9.17, 15) is 0 Å². The molecule has 0 aliphatic carbocycles. The lowest BCUT2D eigenvalue weighted by atomic mass is 10.2. The third-order valence-electron chi connectivity index (χ3n) is 2.79. The van der Waals surface area contributed by atoms with Gasteiger partial charge < -0.3 is 14.5 Å². The molecule has 0 aliphatic rings. The van der Waals surface area contributed by atoms with Gasteiger partial charge in [0.25, 0.3) is 0 Å². The van der Waals surface area contributed by atoms with Gasteiger partial charge in [-0.25, -0.2) is 0 Å². The van der Waals surface area contributed by atoms with Crippen LogP contribution in [-0.4, -0.2) is 13.2 Å². The molecule has 3 nitrogen and oxygen atoms in total. The Balaban J connectivity index is 1.66. The van der Waals surface area contributed by atoms with Crippen LogP contribution in [0.3, 0.4) is 0 Å². The summed E-state index contributed by atoms with van der Waals surface area (Å²) in [5, 5.41) is 3.29. The average Bonchev–Trinajstić information content (AvgIpc) is 2.75. The molecule has 3 heteroatoms. The van der Waals surface area contributed by atoms with E-state index in [2.05, 4.69) is 18.3 Å². The lowest BCUT2D eigenvalue weighted by Gasteiger charge is -2.07. The maximum atomic E-state index is 5.64. The fraction of sp³-hybridized carbons (Fsp3) is 0.333. The quantitative estimate of drug-likeness (QED) is 0.794. The molecule has 1 aromatic heterocycles. The van der Waals surface area contributed by atoms with Crippen molar-refractivity contribution in [1.82, 2.24) is 5.32 Å². The number of aryl methyl sites for hydroxylation is 2. The molecule has 0 radical (unpaired) electrons. The topological polar surface area (TPSA) is 34.4 Å². The van der Waals surface area contributed by atoms with Crippen molar-refractivity contribution in [2.24, 2.45) is 0 Å². The molecule has 1 N–H and O–H groups in total. The van der Waals surface area contributed by atoms with Crippen LogP contribution >= 0.6 is 0 Å². The molecule has 2 aromatic rings. The summed E-state index contributed by atoms with van der Waals surface area (Å²) < 4.78 is 11.0. The van der Waals surface area contributed by atoms with E-state index in [1.807, 2.05) is 31.2 Å². The summed E-state index contributed by atoms with van der Waals surface area (Å²) in [6.07, 6.45) is 1.72. The highest BCUT2D eigenvalue weighted by Gasteiger charge is 2.00. The van der Waals surface area contributed by atoms with Crippen molar-refractivity contribution in [2.75, 3.05) is 13.2 Å². The van der Waals surface area contributed by atoms with Crippen LogP contribution in [0.1, 0.15) is 16.9 Å². The van der Waals surface area contributed by atoms with Crippen molar-refractivity contribution in [1.29, 1.82) is 0 Å². The number of hydrogen-bond donors (Lipinski definition) is 1. The van der Waals surface area contributed by atoms with Crippen molar-refractivity contribution < 1.29 is 9.15 Å². The van der Waals surface area contributed by atoms with Gasteiger partial charge in [-0.15, -0.1) is 0 Å². The molecule has 18 heavy (non-hydrogen) atoms. The number of rotatable bonds is 6. The minimum Gasteiger partial charge on any atom is -0.492 e. The number of ether oxygens (including phenoxy) is 1. The summed E-state index contributed by atoms with van der Waals surface area (Å²) in [7, 11) is 0. The molecule has 0 saturated carbocycles. The van der Waals surface area contributed by atoms with Gasteiger partial charge in [-0.3, -0.25) is 0 Å². The molecule has 96 valence electrons. The summed E-state index contributed by atoms with van der Waals surface area (Å²) in [5.74, 6) is 1.91. The minimum absolute atomic E-state index is 0.656. The summed E-state index contributed by atoms with van der Waals surface area (Å²) in [4.78, 5) is 0. The van der Waals surface area contributed by atoms with Crippen LogP contribution in [-0.2, 0) is 6.54 Å². The van der Waals surface area contributed by atoms with Gasteiger partial charge in [-0.2, -0.15) is 0 Å². The Kier molecular flexibility index (Phi) is 4.42. The molecule has 0 bridgehead atoms. The van der Waals surface area contributed by atoms with E-state index in [0.717, 1.165) is 24.6 Å². The van der Waals surface area contributed by atoms with E-state index in [-0.39, 0.29) is 0 Å². The van der Waals surface area contributed by atoms with Gasteiger partial charge in [0.1, 0.15) is 18.1 Å². The fourth-order valence-corrected chi connectivity index (χ4v) is 1.73. The Morgan fingerprint density at radius 1 is 1.22 bits per heavy atom. The smallest absolute Gasteiger partial charge is 0.120 e. The molecule has 0 fully saturated rings. The molecule has 1 heterocycles. The Morgan fingerprint density at radius 2 is 2.11 bits per heavy atom. The van der Waals surface area contributed by atoms with Crippen LogP contribution in [0.2, 0.25) is 0 Å². The lowest BCUT2D eigenvalue weighted by molar-refractivity contribution is 0.310. The zero-order valence-electron chi connectivity index (χ0n) is 10.9. The summed E-state index contributed by atoms with van der Waals surface area (Å²) in [6.45, 7) is 6.31. The van der Waals surface area contributed by atoms with E-state index < -0.39 is 0 Å². The van der Waals surface area contributed by atoms with Crippen LogP contribution < -0.4 is 10.1 Å². The first kappa shape index (κ1) is 12.7. The lowest BCUT2D eigenvalue weighted by Crippen LogP contribution is -2.20. The van der Waals surface area contributed by atoms with Gasteiger partial charge in [0.05, 0.1) is 12.8 Å². The van der Waals surface area contributed by atoms with Gasteiger partial charge in [-0.05, 0) is 43.2 Å². The minimum atomic E-state index is 0.656.